The summed E-state index contributed by atoms with van der Waals surface area (Å²) in [6, 6.07) is 12.6. The Morgan fingerprint density at radius 2 is 1.83 bits per heavy atom. The number of nitrogens with one attached hydrogen (secondary N) is 1. The van der Waals surface area contributed by atoms with Gasteiger partial charge in [0.15, 0.2) is 11.6 Å². The number of Topliss-reactive ketones (excluding diaryl/α,β-unsaturated/α-hetero) is 1. The van der Waals surface area contributed by atoms with E-state index in [2.05, 4.69) is 29.6 Å². The van der Waals surface area contributed by atoms with Crippen molar-refractivity contribution in [3.63, 3.8) is 0 Å². The summed E-state index contributed by atoms with van der Waals surface area (Å²) in [5, 5.41) is 23.8. The molecule has 3 N–H and O–H groups in total. The number of ketones is 2. The number of phenols is 2. The maximum Gasteiger partial charge on any atom is 0.220 e. The molecule has 3 unspecified atom stereocenters. The molecule has 0 spiro atoms. The van der Waals surface area contributed by atoms with Crippen LogP contribution in [0.5, 0.6) is 11.5 Å². The van der Waals surface area contributed by atoms with Gasteiger partial charge in [0.05, 0.1) is 28.9 Å². The van der Waals surface area contributed by atoms with Crippen molar-refractivity contribution in [3.05, 3.63) is 82.5 Å². The molecule has 11 heteroatoms. The van der Waals surface area contributed by atoms with E-state index in [1.54, 1.807) is 0 Å². The summed E-state index contributed by atoms with van der Waals surface area (Å²) in [5.74, 6) is -0.252. The lowest BCUT2D eigenvalue weighted by molar-refractivity contribution is -0.274. The predicted octanol–water partition coefficient (Wildman–Crippen LogP) is 7.42. The zero-order valence-electron chi connectivity index (χ0n) is 26.5. The number of benzene rings is 2. The summed E-state index contributed by atoms with van der Waals surface area (Å²) < 4.78 is 0.466. The third kappa shape index (κ3) is 10.1. The molecule has 0 saturated carbocycles. The highest BCUT2D eigenvalue weighted by Crippen LogP contribution is 2.48. The number of unbranched alkanes of at least 4 members (excludes halogenated alkanes) is 1. The topological polar surface area (TPSA) is 122 Å². The summed E-state index contributed by atoms with van der Waals surface area (Å²) in [5.41, 5.74) is 2.29. The van der Waals surface area contributed by atoms with Crippen molar-refractivity contribution in [2.75, 3.05) is 25.2 Å². The zero-order chi connectivity index (χ0) is 33.1. The normalized spacial score (nSPS) is 19.2. The maximum absolute atomic E-state index is 13.5. The summed E-state index contributed by atoms with van der Waals surface area (Å²) >= 11 is 5.47. The number of rotatable bonds is 16. The van der Waals surface area contributed by atoms with Crippen molar-refractivity contribution in [2.24, 2.45) is 0 Å². The van der Waals surface area contributed by atoms with E-state index in [9.17, 15) is 24.6 Å². The van der Waals surface area contributed by atoms with Gasteiger partial charge in [0.2, 0.25) is 5.91 Å². The molecule has 46 heavy (non-hydrogen) atoms. The standard InChI is InChI=1S/C35H43NO7S3/c1-22(2)13-16-30(26-19-29(39)32-27(37)14-15-28(38)33(32)34(26)41)45-21-24(20-43-42-3)36-31(40)12-8-7-11-25-17-18-44-35(46-25)23-9-5-4-6-10-23/h4-6,9-10,13-15,19,24-25,30,35,37-38H,7-8,11-12,16-18,20-21H2,1-3H3,(H,36,40)/t24?,25?,30-,35?/m1/s1. The first-order valence-corrected chi connectivity index (χ1v) is 18.6. The summed E-state index contributed by atoms with van der Waals surface area (Å²) in [6.07, 6.45) is 8.14. The smallest absolute Gasteiger partial charge is 0.220 e. The Balaban J connectivity index is 1.32. The lowest BCUT2D eigenvalue weighted by Crippen LogP contribution is -2.40. The van der Waals surface area contributed by atoms with Crippen LogP contribution >= 0.6 is 35.3 Å². The second-order valence-electron chi connectivity index (χ2n) is 11.6. The molecule has 4 rings (SSSR count). The molecule has 1 saturated heterocycles. The average Bonchev–Trinajstić information content (AvgIpc) is 3.05. The van der Waals surface area contributed by atoms with Gasteiger partial charge in [-0.25, -0.2) is 9.78 Å². The van der Waals surface area contributed by atoms with E-state index in [0.717, 1.165) is 30.6 Å². The molecular weight excluding hydrogens is 643 g/mol. The fraction of sp³-hybridized carbons (Fsp3) is 0.457. The average molecular weight is 686 g/mol. The number of carbonyl (C=O) groups is 3. The lowest BCUT2D eigenvalue weighted by atomic mass is 9.86. The third-order valence-electron chi connectivity index (χ3n) is 7.80. The van der Waals surface area contributed by atoms with E-state index in [0.29, 0.717) is 28.4 Å². The lowest BCUT2D eigenvalue weighted by Gasteiger charge is -2.28. The van der Waals surface area contributed by atoms with Crippen LogP contribution in [0.15, 0.2) is 65.8 Å². The molecule has 0 bridgehead atoms. The first kappa shape index (κ1) is 36.1. The SMILES string of the molecule is COOCC(CS[C@H](CC=C(C)C)C1=CC(=O)c2c(O)ccc(O)c2C1=O)NC(=O)CCCCC1CCSC(c2ccccc2)S1. The molecule has 0 aromatic heterocycles. The van der Waals surface area contributed by atoms with Crippen molar-refractivity contribution >= 4 is 52.8 Å². The van der Waals surface area contributed by atoms with E-state index in [1.165, 1.54) is 49.1 Å². The number of carbonyl (C=O) groups excluding carboxylic acids is 3. The van der Waals surface area contributed by atoms with Crippen LogP contribution in [0, 0.1) is 0 Å². The molecule has 0 radical (unpaired) electrons. The number of hydrogen-bond donors (Lipinski definition) is 3. The van der Waals surface area contributed by atoms with E-state index < -0.39 is 22.9 Å². The Morgan fingerprint density at radius 3 is 2.54 bits per heavy atom. The van der Waals surface area contributed by atoms with Gasteiger partial charge in [-0.15, -0.1) is 23.5 Å². The number of thioether (sulfide) groups is 3. The molecular formula is C35H43NO7S3. The number of fused-ring (bicyclic) bond motifs is 1. The Labute approximate surface area is 284 Å². The van der Waals surface area contributed by atoms with Gasteiger partial charge in [-0.1, -0.05) is 48.4 Å². The number of phenolic OH excluding ortho intramolecular Hbond substituents is 2. The van der Waals surface area contributed by atoms with Gasteiger partial charge in [0.1, 0.15) is 18.1 Å². The minimum atomic E-state index is -0.533. The summed E-state index contributed by atoms with van der Waals surface area (Å²) in [4.78, 5) is 49.5. The van der Waals surface area contributed by atoms with Gasteiger partial charge in [-0.2, -0.15) is 11.8 Å². The second-order valence-corrected chi connectivity index (χ2v) is 15.8. The van der Waals surface area contributed by atoms with Crippen molar-refractivity contribution in [2.45, 2.75) is 73.5 Å². The highest BCUT2D eigenvalue weighted by Gasteiger charge is 2.35. The first-order chi connectivity index (χ1) is 22.2. The van der Waals surface area contributed by atoms with Crippen molar-refractivity contribution in [3.8, 4) is 11.5 Å². The minimum absolute atomic E-state index is 0.0716. The van der Waals surface area contributed by atoms with Crippen LogP contribution in [0.4, 0.5) is 0 Å². The van der Waals surface area contributed by atoms with Crippen LogP contribution in [0.2, 0.25) is 0 Å². The number of allylic oxidation sites excluding steroid dienone is 3. The molecule has 2 aromatic rings. The minimum Gasteiger partial charge on any atom is -0.507 e. The highest BCUT2D eigenvalue weighted by molar-refractivity contribution is 8.17. The molecule has 1 heterocycles. The van der Waals surface area contributed by atoms with Crippen LogP contribution in [-0.2, 0) is 14.6 Å². The third-order valence-corrected chi connectivity index (χ3v) is 12.4. The highest BCUT2D eigenvalue weighted by atomic mass is 32.2. The van der Waals surface area contributed by atoms with Crippen LogP contribution in [0.3, 0.4) is 0 Å². The van der Waals surface area contributed by atoms with Crippen molar-refractivity contribution in [1.82, 2.24) is 5.32 Å². The molecule has 2 aliphatic rings. The molecule has 2 aromatic carbocycles. The van der Waals surface area contributed by atoms with Gasteiger partial charge in [0, 0.05) is 28.2 Å². The van der Waals surface area contributed by atoms with Gasteiger partial charge in [0.25, 0.3) is 0 Å². The number of hydrogen-bond acceptors (Lipinski definition) is 10. The molecule has 1 aliphatic heterocycles. The fourth-order valence-electron chi connectivity index (χ4n) is 5.41. The molecule has 248 valence electrons. The van der Waals surface area contributed by atoms with Crippen LogP contribution < -0.4 is 5.32 Å². The molecule has 8 nitrogen and oxygen atoms in total. The number of aromatic hydroxyl groups is 2. The summed E-state index contributed by atoms with van der Waals surface area (Å²) in [6.45, 7) is 4.02. The Kier molecular flexibility index (Phi) is 14.1. The zero-order valence-corrected chi connectivity index (χ0v) is 29.0. The molecule has 1 fully saturated rings. The first-order valence-electron chi connectivity index (χ1n) is 15.5. The van der Waals surface area contributed by atoms with Crippen molar-refractivity contribution < 1.29 is 34.4 Å². The summed E-state index contributed by atoms with van der Waals surface area (Å²) in [7, 11) is 1.41. The van der Waals surface area contributed by atoms with Gasteiger partial charge >= 0.3 is 0 Å². The molecule has 1 aliphatic carbocycles. The van der Waals surface area contributed by atoms with E-state index in [-0.39, 0.29) is 40.7 Å². The molecule has 1 amide bonds. The number of amides is 1. The Hall–Kier alpha value is -2.70. The Bertz CT molecular complexity index is 1420. The van der Waals surface area contributed by atoms with Gasteiger partial charge in [-0.3, -0.25) is 14.4 Å². The fourth-order valence-corrected chi connectivity index (χ4v) is 10.1. The van der Waals surface area contributed by atoms with Crippen LogP contribution in [0.25, 0.3) is 0 Å². The monoisotopic (exact) mass is 685 g/mol. The second kappa shape index (κ2) is 18.0. The predicted molar refractivity (Wildman–Crippen MR) is 188 cm³/mol. The van der Waals surface area contributed by atoms with E-state index >= 15 is 0 Å². The van der Waals surface area contributed by atoms with Gasteiger partial charge in [-0.05, 0) is 69.1 Å². The Morgan fingerprint density at radius 1 is 1.09 bits per heavy atom. The maximum atomic E-state index is 13.5. The van der Waals surface area contributed by atoms with E-state index in [4.69, 9.17) is 9.78 Å². The molecule has 4 atom stereocenters. The quantitative estimate of drug-likeness (QED) is 0.0541. The largest absolute Gasteiger partial charge is 0.507 e. The van der Waals surface area contributed by atoms with E-state index in [1.807, 2.05) is 49.5 Å². The van der Waals surface area contributed by atoms with Crippen LogP contribution in [0.1, 0.15) is 83.2 Å². The van der Waals surface area contributed by atoms with Crippen LogP contribution in [-0.4, -0.2) is 69.5 Å². The van der Waals surface area contributed by atoms with Crippen molar-refractivity contribution in [1.29, 1.82) is 0 Å². The van der Waals surface area contributed by atoms with Gasteiger partial charge < -0.3 is 15.5 Å².